The fourth-order valence-corrected chi connectivity index (χ4v) is 1.52. The Hall–Kier alpha value is -0.120. The van der Waals surface area contributed by atoms with Crippen molar-refractivity contribution in [3.05, 3.63) is 0 Å². The Morgan fingerprint density at radius 3 is 2.30 bits per heavy atom. The SMILES string of the molecule is OCCC1CCC(O)C1O. The van der Waals surface area contributed by atoms with Gasteiger partial charge in [0, 0.05) is 6.61 Å². The molecule has 0 radical (unpaired) electrons. The second kappa shape index (κ2) is 3.32. The predicted octanol–water partition coefficient (Wildman–Crippen LogP) is -0.499. The van der Waals surface area contributed by atoms with E-state index in [9.17, 15) is 5.11 Å². The van der Waals surface area contributed by atoms with E-state index in [0.717, 1.165) is 6.42 Å². The quantitative estimate of drug-likeness (QED) is 0.492. The van der Waals surface area contributed by atoms with Crippen molar-refractivity contribution in [1.82, 2.24) is 0 Å². The van der Waals surface area contributed by atoms with E-state index < -0.39 is 12.2 Å². The van der Waals surface area contributed by atoms with Gasteiger partial charge in [-0.25, -0.2) is 0 Å². The molecule has 0 spiro atoms. The average Bonchev–Trinajstić information content (AvgIpc) is 2.20. The van der Waals surface area contributed by atoms with Gasteiger partial charge < -0.3 is 15.3 Å². The molecule has 3 unspecified atom stereocenters. The molecule has 1 fully saturated rings. The van der Waals surface area contributed by atoms with Crippen LogP contribution in [0.3, 0.4) is 0 Å². The minimum Gasteiger partial charge on any atom is -0.396 e. The van der Waals surface area contributed by atoms with Crippen molar-refractivity contribution in [2.75, 3.05) is 6.61 Å². The Morgan fingerprint density at radius 2 is 1.90 bits per heavy atom. The van der Waals surface area contributed by atoms with Crippen molar-refractivity contribution in [1.29, 1.82) is 0 Å². The standard InChI is InChI=1S/C7H14O3/c8-4-3-5-1-2-6(9)7(5)10/h5-10H,1-4H2. The van der Waals surface area contributed by atoms with Crippen LogP contribution in [0, 0.1) is 5.92 Å². The van der Waals surface area contributed by atoms with Crippen molar-refractivity contribution >= 4 is 0 Å². The molecule has 0 amide bonds. The molecule has 1 saturated carbocycles. The lowest BCUT2D eigenvalue weighted by molar-refractivity contribution is 0.0153. The smallest absolute Gasteiger partial charge is 0.0828 e. The van der Waals surface area contributed by atoms with E-state index in [2.05, 4.69) is 0 Å². The van der Waals surface area contributed by atoms with Crippen molar-refractivity contribution in [3.63, 3.8) is 0 Å². The summed E-state index contributed by atoms with van der Waals surface area (Å²) in [5.41, 5.74) is 0. The van der Waals surface area contributed by atoms with Crippen LogP contribution in [-0.2, 0) is 0 Å². The Kier molecular flexibility index (Phi) is 2.65. The fourth-order valence-electron chi connectivity index (χ4n) is 1.52. The zero-order valence-corrected chi connectivity index (χ0v) is 5.90. The summed E-state index contributed by atoms with van der Waals surface area (Å²) < 4.78 is 0. The Labute approximate surface area is 60.3 Å². The van der Waals surface area contributed by atoms with Crippen LogP contribution >= 0.6 is 0 Å². The molecule has 3 atom stereocenters. The van der Waals surface area contributed by atoms with Crippen LogP contribution in [-0.4, -0.2) is 34.1 Å². The molecular weight excluding hydrogens is 132 g/mol. The van der Waals surface area contributed by atoms with E-state index in [1.54, 1.807) is 0 Å². The van der Waals surface area contributed by atoms with Crippen LogP contribution in [0.5, 0.6) is 0 Å². The summed E-state index contributed by atoms with van der Waals surface area (Å²) in [6.45, 7) is 0.106. The minimum atomic E-state index is -0.604. The van der Waals surface area contributed by atoms with Gasteiger partial charge in [-0.3, -0.25) is 0 Å². The Bertz CT molecular complexity index is 103. The third-order valence-electron chi connectivity index (χ3n) is 2.21. The molecule has 1 aliphatic rings. The van der Waals surface area contributed by atoms with Crippen LogP contribution in [0.1, 0.15) is 19.3 Å². The maximum absolute atomic E-state index is 9.23. The molecule has 0 aromatic carbocycles. The average molecular weight is 146 g/mol. The van der Waals surface area contributed by atoms with Crippen molar-refractivity contribution in [3.8, 4) is 0 Å². The summed E-state index contributed by atoms with van der Waals surface area (Å²) in [6.07, 6.45) is 0.955. The van der Waals surface area contributed by atoms with Gasteiger partial charge in [-0.15, -0.1) is 0 Å². The first-order valence-corrected chi connectivity index (χ1v) is 3.72. The van der Waals surface area contributed by atoms with Crippen molar-refractivity contribution in [2.24, 2.45) is 5.92 Å². The lowest BCUT2D eigenvalue weighted by atomic mass is 10.0. The topological polar surface area (TPSA) is 60.7 Å². The molecule has 0 bridgehead atoms. The van der Waals surface area contributed by atoms with Gasteiger partial charge in [0.1, 0.15) is 0 Å². The monoisotopic (exact) mass is 146 g/mol. The summed E-state index contributed by atoms with van der Waals surface area (Å²) in [4.78, 5) is 0. The van der Waals surface area contributed by atoms with Gasteiger partial charge in [-0.1, -0.05) is 0 Å². The number of hydrogen-bond acceptors (Lipinski definition) is 3. The van der Waals surface area contributed by atoms with E-state index in [-0.39, 0.29) is 12.5 Å². The maximum atomic E-state index is 9.23. The molecule has 3 N–H and O–H groups in total. The normalized spacial score (nSPS) is 40.5. The second-order valence-electron chi connectivity index (χ2n) is 2.91. The number of aliphatic hydroxyl groups is 3. The zero-order valence-electron chi connectivity index (χ0n) is 5.90. The van der Waals surface area contributed by atoms with Gasteiger partial charge in [0.25, 0.3) is 0 Å². The fraction of sp³-hybridized carbons (Fsp3) is 1.00. The highest BCUT2D eigenvalue weighted by Gasteiger charge is 2.32. The number of rotatable bonds is 2. The maximum Gasteiger partial charge on any atom is 0.0828 e. The molecule has 3 nitrogen and oxygen atoms in total. The molecular formula is C7H14O3. The van der Waals surface area contributed by atoms with Gasteiger partial charge in [0.15, 0.2) is 0 Å². The van der Waals surface area contributed by atoms with Crippen molar-refractivity contribution < 1.29 is 15.3 Å². The summed E-state index contributed by atoms with van der Waals surface area (Å²) in [6, 6.07) is 0. The molecule has 0 aromatic heterocycles. The van der Waals surface area contributed by atoms with Gasteiger partial charge in [0.2, 0.25) is 0 Å². The lowest BCUT2D eigenvalue weighted by Gasteiger charge is -2.14. The summed E-state index contributed by atoms with van der Waals surface area (Å²) >= 11 is 0. The Balaban J connectivity index is 2.33. The molecule has 1 rings (SSSR count). The van der Waals surface area contributed by atoms with Crippen LogP contribution in [0.4, 0.5) is 0 Å². The first-order chi connectivity index (χ1) is 4.75. The van der Waals surface area contributed by atoms with Crippen LogP contribution < -0.4 is 0 Å². The predicted molar refractivity (Wildman–Crippen MR) is 36.4 cm³/mol. The largest absolute Gasteiger partial charge is 0.396 e. The Morgan fingerprint density at radius 1 is 1.20 bits per heavy atom. The van der Waals surface area contributed by atoms with Crippen LogP contribution in [0.25, 0.3) is 0 Å². The number of hydrogen-bond donors (Lipinski definition) is 3. The molecule has 60 valence electrons. The lowest BCUT2D eigenvalue weighted by Crippen LogP contribution is -2.25. The molecule has 3 heteroatoms. The second-order valence-corrected chi connectivity index (χ2v) is 2.91. The van der Waals surface area contributed by atoms with Gasteiger partial charge >= 0.3 is 0 Å². The minimum absolute atomic E-state index is 0.106. The first-order valence-electron chi connectivity index (χ1n) is 3.72. The van der Waals surface area contributed by atoms with Gasteiger partial charge in [0.05, 0.1) is 12.2 Å². The molecule has 0 heterocycles. The van der Waals surface area contributed by atoms with E-state index >= 15 is 0 Å². The summed E-state index contributed by atoms with van der Waals surface area (Å²) in [5.74, 6) is 0.111. The highest BCUT2D eigenvalue weighted by molar-refractivity contribution is 4.83. The molecule has 1 aliphatic carbocycles. The molecule has 0 aliphatic heterocycles. The van der Waals surface area contributed by atoms with E-state index in [0.29, 0.717) is 12.8 Å². The van der Waals surface area contributed by atoms with E-state index in [4.69, 9.17) is 10.2 Å². The summed E-state index contributed by atoms with van der Waals surface area (Å²) in [5, 5.41) is 26.8. The zero-order chi connectivity index (χ0) is 7.56. The third-order valence-corrected chi connectivity index (χ3v) is 2.21. The van der Waals surface area contributed by atoms with Gasteiger partial charge in [-0.05, 0) is 25.2 Å². The van der Waals surface area contributed by atoms with Crippen molar-refractivity contribution in [2.45, 2.75) is 31.5 Å². The molecule has 10 heavy (non-hydrogen) atoms. The van der Waals surface area contributed by atoms with Crippen LogP contribution in [0.15, 0.2) is 0 Å². The third kappa shape index (κ3) is 1.48. The first kappa shape index (κ1) is 7.98. The van der Waals surface area contributed by atoms with Crippen LogP contribution in [0.2, 0.25) is 0 Å². The van der Waals surface area contributed by atoms with E-state index in [1.807, 2.05) is 0 Å². The van der Waals surface area contributed by atoms with Gasteiger partial charge in [-0.2, -0.15) is 0 Å². The van der Waals surface area contributed by atoms with E-state index in [1.165, 1.54) is 0 Å². The molecule has 0 aromatic rings. The highest BCUT2D eigenvalue weighted by atomic mass is 16.3. The highest BCUT2D eigenvalue weighted by Crippen LogP contribution is 2.28. The summed E-state index contributed by atoms with van der Waals surface area (Å²) in [7, 11) is 0. The number of aliphatic hydroxyl groups excluding tert-OH is 3. The molecule has 0 saturated heterocycles.